The number of hydrogen-bond donors (Lipinski definition) is 0. The highest BCUT2D eigenvalue weighted by molar-refractivity contribution is 5.51. The molecule has 122 valence electrons. The van der Waals surface area contributed by atoms with Crippen molar-refractivity contribution >= 4 is 0 Å². The van der Waals surface area contributed by atoms with Crippen LogP contribution in [0, 0.1) is 5.92 Å². The minimum absolute atomic E-state index is 0.198. The Kier molecular flexibility index (Phi) is 3.96. The van der Waals surface area contributed by atoms with Crippen LogP contribution in [0.4, 0.5) is 13.2 Å². The third-order valence-electron chi connectivity index (χ3n) is 4.69. The first kappa shape index (κ1) is 16.1. The first-order valence-corrected chi connectivity index (χ1v) is 7.72. The number of halogens is 3. The van der Waals surface area contributed by atoms with E-state index in [1.165, 1.54) is 12.1 Å². The van der Waals surface area contributed by atoms with Crippen molar-refractivity contribution in [1.82, 2.24) is 4.90 Å². The van der Waals surface area contributed by atoms with Crippen LogP contribution in [0.1, 0.15) is 23.1 Å². The molecule has 4 heteroatoms. The summed E-state index contributed by atoms with van der Waals surface area (Å²) >= 11 is 0. The van der Waals surface area contributed by atoms with Gasteiger partial charge in [-0.1, -0.05) is 48.5 Å². The molecule has 2 aromatic carbocycles. The van der Waals surface area contributed by atoms with Crippen molar-refractivity contribution in [2.75, 3.05) is 20.6 Å². The van der Waals surface area contributed by atoms with Gasteiger partial charge in [-0.05, 0) is 43.6 Å². The second kappa shape index (κ2) is 5.68. The molecule has 0 heterocycles. The van der Waals surface area contributed by atoms with Crippen LogP contribution in [0.15, 0.2) is 54.6 Å². The molecule has 0 aromatic heterocycles. The Morgan fingerprint density at radius 1 is 1.00 bits per heavy atom. The summed E-state index contributed by atoms with van der Waals surface area (Å²) in [4.78, 5) is 2.05. The van der Waals surface area contributed by atoms with E-state index in [2.05, 4.69) is 0 Å². The van der Waals surface area contributed by atoms with Crippen LogP contribution in [0.25, 0.3) is 0 Å². The summed E-state index contributed by atoms with van der Waals surface area (Å²) in [5, 5.41) is 0. The zero-order valence-corrected chi connectivity index (χ0v) is 13.3. The van der Waals surface area contributed by atoms with Crippen molar-refractivity contribution in [2.45, 2.75) is 18.0 Å². The Balaban J connectivity index is 2.13. The molecule has 0 N–H and O–H groups in total. The minimum atomic E-state index is -4.33. The fourth-order valence-electron chi connectivity index (χ4n) is 3.68. The van der Waals surface area contributed by atoms with Crippen molar-refractivity contribution in [3.8, 4) is 0 Å². The number of benzene rings is 2. The predicted octanol–water partition coefficient (Wildman–Crippen LogP) is 4.57. The molecule has 2 unspecified atom stereocenters. The van der Waals surface area contributed by atoms with Crippen molar-refractivity contribution in [2.24, 2.45) is 5.92 Å². The SMILES string of the molecule is CN(C)CC1CC1(c1ccccc1)c1ccccc1C(F)(F)F. The van der Waals surface area contributed by atoms with Gasteiger partial charge in [0.25, 0.3) is 0 Å². The van der Waals surface area contributed by atoms with Crippen LogP contribution >= 0.6 is 0 Å². The summed E-state index contributed by atoms with van der Waals surface area (Å²) in [7, 11) is 3.92. The van der Waals surface area contributed by atoms with Crippen molar-refractivity contribution in [1.29, 1.82) is 0 Å². The third kappa shape index (κ3) is 2.88. The Bertz CT molecular complexity index is 679. The van der Waals surface area contributed by atoms with Crippen LogP contribution < -0.4 is 0 Å². The minimum Gasteiger partial charge on any atom is -0.309 e. The molecule has 0 spiro atoms. The Labute approximate surface area is 134 Å². The average molecular weight is 319 g/mol. The summed E-state index contributed by atoms with van der Waals surface area (Å²) in [5.41, 5.74) is 0.344. The first-order chi connectivity index (χ1) is 10.9. The quantitative estimate of drug-likeness (QED) is 0.798. The molecular formula is C19H20F3N. The van der Waals surface area contributed by atoms with Gasteiger partial charge < -0.3 is 4.90 Å². The van der Waals surface area contributed by atoms with Gasteiger partial charge in [0.05, 0.1) is 5.56 Å². The fourth-order valence-corrected chi connectivity index (χ4v) is 3.68. The molecule has 3 rings (SSSR count). The maximum absolute atomic E-state index is 13.5. The number of rotatable bonds is 4. The zero-order valence-electron chi connectivity index (χ0n) is 13.3. The van der Waals surface area contributed by atoms with Gasteiger partial charge in [0.15, 0.2) is 0 Å². The number of nitrogens with zero attached hydrogens (tertiary/aromatic N) is 1. The predicted molar refractivity (Wildman–Crippen MR) is 85.3 cm³/mol. The maximum atomic E-state index is 13.5. The Morgan fingerprint density at radius 2 is 1.61 bits per heavy atom. The molecule has 0 saturated heterocycles. The molecule has 2 atom stereocenters. The first-order valence-electron chi connectivity index (χ1n) is 7.72. The lowest BCUT2D eigenvalue weighted by molar-refractivity contribution is -0.138. The lowest BCUT2D eigenvalue weighted by Gasteiger charge is -2.24. The molecule has 0 radical (unpaired) electrons. The lowest BCUT2D eigenvalue weighted by atomic mass is 9.82. The normalized spacial score (nSPS) is 24.0. The van der Waals surface area contributed by atoms with Crippen molar-refractivity contribution in [3.05, 3.63) is 71.3 Å². The van der Waals surface area contributed by atoms with Crippen molar-refractivity contribution in [3.63, 3.8) is 0 Å². The van der Waals surface area contributed by atoms with Gasteiger partial charge in [-0.15, -0.1) is 0 Å². The third-order valence-corrected chi connectivity index (χ3v) is 4.69. The van der Waals surface area contributed by atoms with Gasteiger partial charge in [0, 0.05) is 12.0 Å². The molecule has 0 amide bonds. The highest BCUT2D eigenvalue weighted by Gasteiger charge is 2.58. The number of hydrogen-bond acceptors (Lipinski definition) is 1. The molecule has 1 saturated carbocycles. The molecular weight excluding hydrogens is 299 g/mol. The molecule has 0 bridgehead atoms. The molecule has 1 fully saturated rings. The second-order valence-electron chi connectivity index (χ2n) is 6.54. The fraction of sp³-hybridized carbons (Fsp3) is 0.368. The standard InChI is InChI=1S/C19H20F3N/c1-23(2)13-15-12-18(15,14-8-4-3-5-9-14)16-10-6-7-11-17(16)19(20,21)22/h3-11,15H,12-13H2,1-2H3. The van der Waals surface area contributed by atoms with Gasteiger partial charge in [0.1, 0.15) is 0 Å². The van der Waals surface area contributed by atoms with E-state index in [1.54, 1.807) is 12.1 Å². The summed E-state index contributed by atoms with van der Waals surface area (Å²) in [6.45, 7) is 0.779. The zero-order chi connectivity index (χ0) is 16.7. The molecule has 2 aromatic rings. The highest BCUT2D eigenvalue weighted by atomic mass is 19.4. The average Bonchev–Trinajstić information content (AvgIpc) is 3.21. The maximum Gasteiger partial charge on any atom is 0.416 e. The Hall–Kier alpha value is -1.81. The second-order valence-corrected chi connectivity index (χ2v) is 6.54. The van der Waals surface area contributed by atoms with Crippen LogP contribution in [0.5, 0.6) is 0 Å². The lowest BCUT2D eigenvalue weighted by Crippen LogP contribution is -2.24. The van der Waals surface area contributed by atoms with Gasteiger partial charge in [0.2, 0.25) is 0 Å². The van der Waals surface area contributed by atoms with E-state index in [9.17, 15) is 13.2 Å². The van der Waals surface area contributed by atoms with Gasteiger partial charge in [-0.2, -0.15) is 13.2 Å². The van der Waals surface area contributed by atoms with E-state index in [0.29, 0.717) is 5.56 Å². The van der Waals surface area contributed by atoms with E-state index in [0.717, 1.165) is 18.5 Å². The summed E-state index contributed by atoms with van der Waals surface area (Å²) in [6, 6.07) is 15.6. The molecule has 23 heavy (non-hydrogen) atoms. The summed E-state index contributed by atoms with van der Waals surface area (Å²) in [6.07, 6.45) is -3.58. The summed E-state index contributed by atoms with van der Waals surface area (Å²) < 4.78 is 40.5. The largest absolute Gasteiger partial charge is 0.416 e. The van der Waals surface area contributed by atoms with E-state index in [-0.39, 0.29) is 5.92 Å². The smallest absolute Gasteiger partial charge is 0.309 e. The van der Waals surface area contributed by atoms with E-state index in [4.69, 9.17) is 0 Å². The van der Waals surface area contributed by atoms with Crippen LogP contribution in [-0.2, 0) is 11.6 Å². The Morgan fingerprint density at radius 3 is 2.22 bits per heavy atom. The van der Waals surface area contributed by atoms with Gasteiger partial charge >= 0.3 is 6.18 Å². The van der Waals surface area contributed by atoms with Crippen LogP contribution in [0.3, 0.4) is 0 Å². The highest BCUT2D eigenvalue weighted by Crippen LogP contribution is 2.60. The van der Waals surface area contributed by atoms with E-state index >= 15 is 0 Å². The van der Waals surface area contributed by atoms with Crippen LogP contribution in [0.2, 0.25) is 0 Å². The van der Waals surface area contributed by atoms with Crippen molar-refractivity contribution < 1.29 is 13.2 Å². The molecule has 1 nitrogen and oxygen atoms in total. The van der Waals surface area contributed by atoms with Gasteiger partial charge in [-0.25, -0.2) is 0 Å². The van der Waals surface area contributed by atoms with Gasteiger partial charge in [-0.3, -0.25) is 0 Å². The van der Waals surface area contributed by atoms with E-state index in [1.807, 2.05) is 49.3 Å². The molecule has 0 aliphatic heterocycles. The monoisotopic (exact) mass is 319 g/mol. The summed E-state index contributed by atoms with van der Waals surface area (Å²) in [5.74, 6) is 0.198. The topological polar surface area (TPSA) is 3.24 Å². The molecule has 1 aliphatic rings. The molecule has 1 aliphatic carbocycles. The van der Waals surface area contributed by atoms with Crippen LogP contribution in [-0.4, -0.2) is 25.5 Å². The number of alkyl halides is 3. The van der Waals surface area contributed by atoms with E-state index < -0.39 is 17.2 Å².